The number of nitrogens with zero attached hydrogens (tertiary/aromatic N) is 1. The van der Waals surface area contributed by atoms with Gasteiger partial charge in [0, 0.05) is 28.5 Å². The summed E-state index contributed by atoms with van der Waals surface area (Å²) in [6.07, 6.45) is -0.193. The van der Waals surface area contributed by atoms with Gasteiger partial charge in [0.05, 0.1) is 17.8 Å². The summed E-state index contributed by atoms with van der Waals surface area (Å²) >= 11 is 0.953. The number of thiophene rings is 1. The molecule has 0 fully saturated rings. The minimum absolute atomic E-state index is 0.000753. The third-order valence-corrected chi connectivity index (χ3v) is 7.48. The Balaban J connectivity index is 1.76. The maximum Gasteiger partial charge on any atom is 0.446 e. The molecule has 214 valence electrons. The first kappa shape index (κ1) is 31.0. The van der Waals surface area contributed by atoms with E-state index in [0.29, 0.717) is 10.6 Å². The van der Waals surface area contributed by atoms with E-state index in [1.54, 1.807) is 17.0 Å². The zero-order valence-electron chi connectivity index (χ0n) is 22.2. The lowest BCUT2D eigenvalue weighted by molar-refractivity contribution is -0.136. The number of anilines is 1. The van der Waals surface area contributed by atoms with E-state index >= 15 is 0 Å². The number of halogens is 3. The number of nitrogens with one attached hydrogen (secondary N) is 2. The number of urea groups is 1. The van der Waals surface area contributed by atoms with E-state index in [4.69, 9.17) is 5.11 Å². The highest BCUT2D eigenvalue weighted by atomic mass is 32.2. The van der Waals surface area contributed by atoms with Crippen molar-refractivity contribution < 1.29 is 32.7 Å². The topological polar surface area (TPSA) is 98.7 Å². The van der Waals surface area contributed by atoms with Crippen molar-refractivity contribution in [3.05, 3.63) is 81.5 Å². The Bertz CT molecular complexity index is 1320. The smallest absolute Gasteiger partial charge is 0.446 e. The number of amides is 3. The number of alkyl halides is 3. The van der Waals surface area contributed by atoms with E-state index in [1.807, 2.05) is 24.3 Å². The average Bonchev–Trinajstić information content (AvgIpc) is 3.32. The van der Waals surface area contributed by atoms with Crippen LogP contribution in [0.25, 0.3) is 0 Å². The third kappa shape index (κ3) is 9.91. The van der Waals surface area contributed by atoms with E-state index in [2.05, 4.69) is 31.4 Å². The van der Waals surface area contributed by atoms with E-state index in [-0.39, 0.29) is 48.1 Å². The minimum Gasteiger partial charge on any atom is -0.481 e. The lowest BCUT2D eigenvalue weighted by Crippen LogP contribution is -2.33. The van der Waals surface area contributed by atoms with Crippen molar-refractivity contribution in [1.29, 1.82) is 0 Å². The second-order valence-corrected chi connectivity index (χ2v) is 12.3. The quantitative estimate of drug-likeness (QED) is 0.218. The summed E-state index contributed by atoms with van der Waals surface area (Å²) in [5, 5.41) is 14.1. The van der Waals surface area contributed by atoms with Gasteiger partial charge >= 0.3 is 17.5 Å². The Morgan fingerprint density at radius 2 is 1.57 bits per heavy atom. The fourth-order valence-electron chi connectivity index (χ4n) is 3.62. The number of thioether (sulfide) groups is 1. The summed E-state index contributed by atoms with van der Waals surface area (Å²) in [5.74, 6) is -1.42. The lowest BCUT2D eigenvalue weighted by atomic mass is 9.87. The van der Waals surface area contributed by atoms with Crippen molar-refractivity contribution in [1.82, 2.24) is 10.2 Å². The molecule has 0 radical (unpaired) electrons. The van der Waals surface area contributed by atoms with Crippen LogP contribution in [0.1, 0.15) is 52.9 Å². The molecule has 0 aliphatic rings. The molecule has 0 unspecified atom stereocenters. The van der Waals surface area contributed by atoms with Crippen molar-refractivity contribution >= 4 is 46.7 Å². The molecule has 7 nitrogen and oxygen atoms in total. The van der Waals surface area contributed by atoms with Crippen LogP contribution in [0.3, 0.4) is 0 Å². The van der Waals surface area contributed by atoms with Crippen LogP contribution < -0.4 is 10.6 Å². The van der Waals surface area contributed by atoms with Crippen LogP contribution in [0, 0.1) is 0 Å². The van der Waals surface area contributed by atoms with E-state index in [0.717, 1.165) is 16.0 Å². The van der Waals surface area contributed by atoms with Gasteiger partial charge in [-0.05, 0) is 64.7 Å². The molecule has 0 saturated heterocycles. The predicted molar refractivity (Wildman–Crippen MR) is 151 cm³/mol. The lowest BCUT2D eigenvalue weighted by Gasteiger charge is -2.24. The summed E-state index contributed by atoms with van der Waals surface area (Å²) in [4.78, 5) is 39.0. The second kappa shape index (κ2) is 13.2. The van der Waals surface area contributed by atoms with Crippen molar-refractivity contribution in [2.75, 3.05) is 11.9 Å². The highest BCUT2D eigenvalue weighted by molar-refractivity contribution is 8.00. The van der Waals surface area contributed by atoms with Crippen molar-refractivity contribution in [2.24, 2.45) is 0 Å². The molecule has 0 saturated carbocycles. The van der Waals surface area contributed by atoms with Crippen molar-refractivity contribution in [2.45, 2.75) is 56.1 Å². The van der Waals surface area contributed by atoms with E-state index < -0.39 is 23.4 Å². The maximum absolute atomic E-state index is 13.3. The number of carbonyl (C=O) groups excluding carboxylic acids is 2. The van der Waals surface area contributed by atoms with Gasteiger partial charge in [0.15, 0.2) is 0 Å². The van der Waals surface area contributed by atoms with Crippen LogP contribution in [0.4, 0.5) is 23.7 Å². The number of hydrogen-bond donors (Lipinski definition) is 3. The molecule has 0 atom stereocenters. The molecule has 3 N–H and O–H groups in total. The van der Waals surface area contributed by atoms with Crippen molar-refractivity contribution in [3.8, 4) is 0 Å². The average molecular weight is 594 g/mol. The Morgan fingerprint density at radius 1 is 0.925 bits per heavy atom. The summed E-state index contributed by atoms with van der Waals surface area (Å²) in [5.41, 5.74) is -2.08. The zero-order valence-corrected chi connectivity index (χ0v) is 23.8. The molecule has 2 aromatic carbocycles. The molecule has 40 heavy (non-hydrogen) atoms. The van der Waals surface area contributed by atoms with Gasteiger partial charge in [-0.25, -0.2) is 4.79 Å². The van der Waals surface area contributed by atoms with Crippen LogP contribution in [0.2, 0.25) is 0 Å². The van der Waals surface area contributed by atoms with Crippen LogP contribution >= 0.6 is 23.1 Å². The van der Waals surface area contributed by atoms with Gasteiger partial charge in [0.25, 0.3) is 5.91 Å². The summed E-state index contributed by atoms with van der Waals surface area (Å²) in [6, 6.07) is 16.2. The molecule has 1 heterocycles. The molecule has 0 aliphatic heterocycles. The fourth-order valence-corrected chi connectivity index (χ4v) is 5.09. The number of carbonyl (C=O) groups is 3. The monoisotopic (exact) mass is 593 g/mol. The largest absolute Gasteiger partial charge is 0.481 e. The Labute approximate surface area is 238 Å². The molecule has 0 bridgehead atoms. The van der Waals surface area contributed by atoms with Gasteiger partial charge in [-0.2, -0.15) is 13.2 Å². The number of benzene rings is 2. The molecule has 3 aromatic rings. The summed E-state index contributed by atoms with van der Waals surface area (Å²) in [7, 11) is 0. The van der Waals surface area contributed by atoms with Gasteiger partial charge < -0.3 is 20.6 Å². The normalized spacial score (nSPS) is 11.7. The predicted octanol–water partition coefficient (Wildman–Crippen LogP) is 7.10. The number of rotatable bonds is 10. The SMILES string of the molecule is CC(C)(C)c1ccc(CN(Cc2ccc(C(=O)NCCC(=O)O)s2)C(=O)Nc2ccc(SC(F)(F)F)cc2)cc1. The molecule has 0 aliphatic carbocycles. The third-order valence-electron chi connectivity index (χ3n) is 5.68. The Kier molecular flexibility index (Phi) is 10.3. The minimum atomic E-state index is -4.41. The Morgan fingerprint density at radius 3 is 2.15 bits per heavy atom. The first-order chi connectivity index (χ1) is 18.7. The van der Waals surface area contributed by atoms with Gasteiger partial charge in [-0.3, -0.25) is 9.59 Å². The molecular weight excluding hydrogens is 563 g/mol. The summed E-state index contributed by atoms with van der Waals surface area (Å²) in [6.45, 7) is 6.73. The highest BCUT2D eigenvalue weighted by Gasteiger charge is 2.29. The molecule has 12 heteroatoms. The fraction of sp³-hybridized carbons (Fsp3) is 0.321. The molecule has 3 rings (SSSR count). The first-order valence-electron chi connectivity index (χ1n) is 12.3. The number of aliphatic carboxylic acids is 1. The Hall–Kier alpha value is -3.51. The molecule has 3 amide bonds. The molecule has 0 spiro atoms. The highest BCUT2D eigenvalue weighted by Crippen LogP contribution is 2.37. The first-order valence-corrected chi connectivity index (χ1v) is 13.9. The van der Waals surface area contributed by atoms with Crippen molar-refractivity contribution in [3.63, 3.8) is 0 Å². The van der Waals surface area contributed by atoms with Crippen LogP contribution in [-0.4, -0.2) is 40.0 Å². The standard InChI is InChI=1S/C28H30F3N3O4S2/c1-27(2,3)19-6-4-18(5-7-19)16-34(17-22-12-13-23(39-22)25(37)32-15-14-24(35)36)26(38)33-20-8-10-21(11-9-20)40-28(29,30)31/h4-13H,14-17H2,1-3H3,(H,32,37)(H,33,38)(H,35,36). The molecule has 1 aromatic heterocycles. The van der Waals surface area contributed by atoms with Crippen LogP contribution in [0.15, 0.2) is 65.6 Å². The number of hydrogen-bond acceptors (Lipinski definition) is 5. The molecular formula is C28H30F3N3O4S2. The van der Waals surface area contributed by atoms with Gasteiger partial charge in [-0.15, -0.1) is 11.3 Å². The van der Waals surface area contributed by atoms with Crippen LogP contribution in [0.5, 0.6) is 0 Å². The van der Waals surface area contributed by atoms with E-state index in [9.17, 15) is 27.6 Å². The zero-order chi connectivity index (χ0) is 29.5. The van der Waals surface area contributed by atoms with Crippen LogP contribution in [-0.2, 0) is 23.3 Å². The second-order valence-electron chi connectivity index (χ2n) is 9.97. The van der Waals surface area contributed by atoms with E-state index in [1.165, 1.54) is 35.6 Å². The van der Waals surface area contributed by atoms with Gasteiger partial charge in [0.1, 0.15) is 0 Å². The van der Waals surface area contributed by atoms with Gasteiger partial charge in [-0.1, -0.05) is 45.0 Å². The van der Waals surface area contributed by atoms with Gasteiger partial charge in [0.2, 0.25) is 0 Å². The maximum atomic E-state index is 13.3. The number of carboxylic acids is 1. The number of carboxylic acid groups (broad SMARTS) is 1. The summed E-state index contributed by atoms with van der Waals surface area (Å²) < 4.78 is 37.9.